The van der Waals surface area contributed by atoms with Crippen molar-refractivity contribution in [2.45, 2.75) is 38.3 Å². The summed E-state index contributed by atoms with van der Waals surface area (Å²) in [4.78, 5) is 11.4. The molecule has 0 spiro atoms. The smallest absolute Gasteiger partial charge is 0.389 e. The molecule has 0 aromatic heterocycles. The van der Waals surface area contributed by atoms with Crippen molar-refractivity contribution in [1.82, 2.24) is 0 Å². The first kappa shape index (κ1) is 15.5. The Bertz CT molecular complexity index is 396. The summed E-state index contributed by atoms with van der Waals surface area (Å²) in [5.74, 6) is 0.611. The Labute approximate surface area is 110 Å². The van der Waals surface area contributed by atoms with Crippen LogP contribution in [0.25, 0.3) is 0 Å². The lowest BCUT2D eigenvalue weighted by molar-refractivity contribution is -0.137. The number of rotatable bonds is 7. The molecule has 0 saturated carbocycles. The fourth-order valence-corrected chi connectivity index (χ4v) is 1.69. The Morgan fingerprint density at radius 1 is 1.16 bits per heavy atom. The topological polar surface area (TPSA) is 26.3 Å². The number of ether oxygens (including phenoxy) is 1. The molecule has 0 bridgehead atoms. The maximum Gasteiger partial charge on any atom is 0.389 e. The Hall–Kier alpha value is -1.52. The summed E-state index contributed by atoms with van der Waals surface area (Å²) < 4.78 is 40.7. The number of carbonyl (C=O) groups is 1. The second-order valence-electron chi connectivity index (χ2n) is 4.36. The summed E-state index contributed by atoms with van der Waals surface area (Å²) in [7, 11) is 1.57. The van der Waals surface area contributed by atoms with Gasteiger partial charge in [-0.3, -0.25) is 4.79 Å². The van der Waals surface area contributed by atoms with Crippen molar-refractivity contribution in [3.05, 3.63) is 29.8 Å². The number of alkyl halides is 3. The van der Waals surface area contributed by atoms with Crippen molar-refractivity contribution >= 4 is 5.78 Å². The lowest BCUT2D eigenvalue weighted by Gasteiger charge is -2.06. The Morgan fingerprint density at radius 2 is 1.79 bits per heavy atom. The maximum absolute atomic E-state index is 11.9. The molecule has 19 heavy (non-hydrogen) atoms. The van der Waals surface area contributed by atoms with Gasteiger partial charge in [0.05, 0.1) is 7.11 Å². The first-order chi connectivity index (χ1) is 8.90. The summed E-state index contributed by atoms with van der Waals surface area (Å²) in [6.07, 6.45) is -4.35. The third-order valence-corrected chi connectivity index (χ3v) is 2.77. The predicted octanol–water partition coefficient (Wildman–Crippen LogP) is 3.93. The van der Waals surface area contributed by atoms with E-state index in [1.165, 1.54) is 0 Å². The summed E-state index contributed by atoms with van der Waals surface area (Å²) in [6.45, 7) is 0. The lowest BCUT2D eigenvalue weighted by atomic mass is 10.0. The molecule has 0 aliphatic carbocycles. The van der Waals surface area contributed by atoms with Crippen LogP contribution in [0, 0.1) is 0 Å². The van der Waals surface area contributed by atoms with Crippen LogP contribution >= 0.6 is 0 Å². The van der Waals surface area contributed by atoms with Crippen molar-refractivity contribution in [2.24, 2.45) is 0 Å². The van der Waals surface area contributed by atoms with Crippen LogP contribution in [0.2, 0.25) is 0 Å². The van der Waals surface area contributed by atoms with Gasteiger partial charge >= 0.3 is 6.18 Å². The molecule has 0 aliphatic heterocycles. The minimum absolute atomic E-state index is 0.00430. The van der Waals surface area contributed by atoms with Gasteiger partial charge in [-0.1, -0.05) is 12.1 Å². The van der Waals surface area contributed by atoms with E-state index in [-0.39, 0.29) is 25.0 Å². The molecule has 0 aliphatic rings. The van der Waals surface area contributed by atoms with Crippen molar-refractivity contribution in [3.63, 3.8) is 0 Å². The van der Waals surface area contributed by atoms with Gasteiger partial charge in [0.25, 0.3) is 0 Å². The quantitative estimate of drug-likeness (QED) is 0.753. The molecule has 0 heterocycles. The van der Waals surface area contributed by atoms with Gasteiger partial charge in [0.1, 0.15) is 11.5 Å². The molecule has 0 fully saturated rings. The van der Waals surface area contributed by atoms with Gasteiger partial charge in [0.2, 0.25) is 0 Å². The standard InChI is InChI=1S/C14H17F3O2/c1-19-13-8-5-11(6-9-13)4-7-12(18)3-2-10-14(15,16)17/h5-6,8-9H,2-4,7,10H2,1H3. The van der Waals surface area contributed by atoms with Gasteiger partial charge in [-0.05, 0) is 30.5 Å². The van der Waals surface area contributed by atoms with E-state index in [0.29, 0.717) is 6.42 Å². The number of hydrogen-bond donors (Lipinski definition) is 0. The number of halogens is 3. The molecule has 1 rings (SSSR count). The average Bonchev–Trinajstić information content (AvgIpc) is 2.35. The van der Waals surface area contributed by atoms with Gasteiger partial charge in [-0.25, -0.2) is 0 Å². The number of benzene rings is 1. The van der Waals surface area contributed by atoms with Crippen LogP contribution in [0.4, 0.5) is 13.2 Å². The maximum atomic E-state index is 11.9. The van der Waals surface area contributed by atoms with E-state index in [9.17, 15) is 18.0 Å². The number of ketones is 1. The molecular weight excluding hydrogens is 257 g/mol. The highest BCUT2D eigenvalue weighted by molar-refractivity contribution is 5.78. The molecule has 0 radical (unpaired) electrons. The minimum atomic E-state index is -4.17. The van der Waals surface area contributed by atoms with E-state index in [1.807, 2.05) is 12.1 Å². The second kappa shape index (κ2) is 7.16. The largest absolute Gasteiger partial charge is 0.497 e. The van der Waals surface area contributed by atoms with Crippen LogP contribution in [-0.2, 0) is 11.2 Å². The van der Waals surface area contributed by atoms with E-state index < -0.39 is 12.6 Å². The van der Waals surface area contributed by atoms with Crippen LogP contribution < -0.4 is 4.74 Å². The molecule has 1 aromatic carbocycles. The Balaban J connectivity index is 2.26. The molecule has 0 N–H and O–H groups in total. The van der Waals surface area contributed by atoms with E-state index in [1.54, 1.807) is 19.2 Å². The van der Waals surface area contributed by atoms with Gasteiger partial charge in [-0.15, -0.1) is 0 Å². The predicted molar refractivity (Wildman–Crippen MR) is 66.2 cm³/mol. The summed E-state index contributed by atoms with van der Waals surface area (Å²) in [6, 6.07) is 7.29. The molecule has 0 saturated heterocycles. The summed E-state index contributed by atoms with van der Waals surface area (Å²) >= 11 is 0. The van der Waals surface area contributed by atoms with Crippen LogP contribution in [-0.4, -0.2) is 19.1 Å². The zero-order chi connectivity index (χ0) is 14.3. The number of aryl methyl sites for hydroxylation is 1. The zero-order valence-electron chi connectivity index (χ0n) is 10.8. The molecule has 5 heteroatoms. The van der Waals surface area contributed by atoms with Crippen LogP contribution in [0.1, 0.15) is 31.2 Å². The van der Waals surface area contributed by atoms with E-state index in [0.717, 1.165) is 11.3 Å². The normalized spacial score (nSPS) is 11.4. The molecule has 0 amide bonds. The Kier molecular flexibility index (Phi) is 5.86. The number of Topliss-reactive ketones (excluding diaryl/α,β-unsaturated/α-hetero) is 1. The molecule has 0 unspecified atom stereocenters. The Morgan fingerprint density at radius 3 is 2.32 bits per heavy atom. The zero-order valence-corrected chi connectivity index (χ0v) is 10.8. The third-order valence-electron chi connectivity index (χ3n) is 2.77. The highest BCUT2D eigenvalue weighted by Gasteiger charge is 2.26. The third kappa shape index (κ3) is 6.84. The average molecular weight is 274 g/mol. The molecule has 0 atom stereocenters. The number of carbonyl (C=O) groups excluding carboxylic acids is 1. The number of methoxy groups -OCH3 is 1. The SMILES string of the molecule is COc1ccc(CCC(=O)CCCC(F)(F)F)cc1. The lowest BCUT2D eigenvalue weighted by Crippen LogP contribution is -2.08. The monoisotopic (exact) mass is 274 g/mol. The van der Waals surface area contributed by atoms with Crippen molar-refractivity contribution in [2.75, 3.05) is 7.11 Å². The van der Waals surface area contributed by atoms with Crippen LogP contribution in [0.15, 0.2) is 24.3 Å². The highest BCUT2D eigenvalue weighted by Crippen LogP contribution is 2.22. The number of hydrogen-bond acceptors (Lipinski definition) is 2. The van der Waals surface area contributed by atoms with Crippen LogP contribution in [0.5, 0.6) is 5.75 Å². The highest BCUT2D eigenvalue weighted by atomic mass is 19.4. The fourth-order valence-electron chi connectivity index (χ4n) is 1.69. The summed E-state index contributed by atoms with van der Waals surface area (Å²) in [5, 5.41) is 0. The molecular formula is C14H17F3O2. The summed E-state index contributed by atoms with van der Waals surface area (Å²) in [5.41, 5.74) is 0.977. The fraction of sp³-hybridized carbons (Fsp3) is 0.500. The van der Waals surface area contributed by atoms with E-state index in [4.69, 9.17) is 4.74 Å². The van der Waals surface area contributed by atoms with Gasteiger partial charge in [0, 0.05) is 19.3 Å². The molecule has 1 aromatic rings. The van der Waals surface area contributed by atoms with Crippen molar-refractivity contribution in [1.29, 1.82) is 0 Å². The van der Waals surface area contributed by atoms with Gasteiger partial charge < -0.3 is 4.74 Å². The van der Waals surface area contributed by atoms with Crippen molar-refractivity contribution in [3.8, 4) is 5.75 Å². The first-order valence-corrected chi connectivity index (χ1v) is 6.12. The van der Waals surface area contributed by atoms with Gasteiger partial charge in [-0.2, -0.15) is 13.2 Å². The van der Waals surface area contributed by atoms with E-state index >= 15 is 0 Å². The second-order valence-corrected chi connectivity index (χ2v) is 4.36. The first-order valence-electron chi connectivity index (χ1n) is 6.12. The molecule has 2 nitrogen and oxygen atoms in total. The molecule has 106 valence electrons. The van der Waals surface area contributed by atoms with E-state index in [2.05, 4.69) is 0 Å². The van der Waals surface area contributed by atoms with Gasteiger partial charge in [0.15, 0.2) is 0 Å². The van der Waals surface area contributed by atoms with Crippen molar-refractivity contribution < 1.29 is 22.7 Å². The van der Waals surface area contributed by atoms with Crippen LogP contribution in [0.3, 0.4) is 0 Å². The minimum Gasteiger partial charge on any atom is -0.497 e.